The molecule has 6 nitrogen and oxygen atoms in total. The van der Waals surface area contributed by atoms with Crippen molar-refractivity contribution >= 4 is 17.7 Å². The third-order valence-corrected chi connectivity index (χ3v) is 3.43. The number of anilines is 1. The van der Waals surface area contributed by atoms with E-state index in [-0.39, 0.29) is 5.57 Å². The number of ether oxygens (including phenoxy) is 3. The molecular weight excluding hydrogens is 320 g/mol. The van der Waals surface area contributed by atoms with E-state index in [0.717, 1.165) is 0 Å². The summed E-state index contributed by atoms with van der Waals surface area (Å²) in [6.07, 6.45) is 1.49. The molecule has 0 aliphatic rings. The molecule has 0 atom stereocenters. The Morgan fingerprint density at radius 1 is 1.00 bits per heavy atom. The Hall–Kier alpha value is -3.46. The first kappa shape index (κ1) is 17.9. The Morgan fingerprint density at radius 3 is 2.24 bits per heavy atom. The second-order valence-corrected chi connectivity index (χ2v) is 4.97. The van der Waals surface area contributed by atoms with E-state index < -0.39 is 5.91 Å². The molecule has 0 aromatic heterocycles. The van der Waals surface area contributed by atoms with Crippen LogP contribution in [0.4, 0.5) is 5.69 Å². The highest BCUT2D eigenvalue weighted by Crippen LogP contribution is 2.28. The van der Waals surface area contributed by atoms with Gasteiger partial charge in [-0.05, 0) is 48.0 Å². The van der Waals surface area contributed by atoms with E-state index in [1.807, 2.05) is 6.07 Å². The lowest BCUT2D eigenvalue weighted by molar-refractivity contribution is -0.112. The van der Waals surface area contributed by atoms with Crippen LogP contribution in [0.25, 0.3) is 6.08 Å². The second-order valence-electron chi connectivity index (χ2n) is 4.97. The fourth-order valence-electron chi connectivity index (χ4n) is 2.13. The lowest BCUT2D eigenvalue weighted by Gasteiger charge is -2.08. The predicted octanol–water partition coefficient (Wildman–Crippen LogP) is 3.26. The summed E-state index contributed by atoms with van der Waals surface area (Å²) in [7, 11) is 4.62. The first-order valence-corrected chi connectivity index (χ1v) is 7.40. The average molecular weight is 338 g/mol. The van der Waals surface area contributed by atoms with Crippen molar-refractivity contribution in [3.05, 3.63) is 53.6 Å². The first-order valence-electron chi connectivity index (χ1n) is 7.40. The number of nitrogens with one attached hydrogen (secondary N) is 1. The average Bonchev–Trinajstić information content (AvgIpc) is 2.66. The molecule has 6 heteroatoms. The highest BCUT2D eigenvalue weighted by Gasteiger charge is 2.11. The number of carbonyl (C=O) groups is 1. The Kier molecular flexibility index (Phi) is 6.02. The van der Waals surface area contributed by atoms with Crippen molar-refractivity contribution in [1.82, 2.24) is 0 Å². The van der Waals surface area contributed by atoms with Gasteiger partial charge in [-0.1, -0.05) is 6.07 Å². The number of nitrogens with zero attached hydrogens (tertiary/aromatic N) is 1. The number of benzene rings is 2. The van der Waals surface area contributed by atoms with Gasteiger partial charge < -0.3 is 19.5 Å². The summed E-state index contributed by atoms with van der Waals surface area (Å²) >= 11 is 0. The van der Waals surface area contributed by atoms with E-state index in [4.69, 9.17) is 14.2 Å². The van der Waals surface area contributed by atoms with Crippen molar-refractivity contribution in [3.63, 3.8) is 0 Å². The summed E-state index contributed by atoms with van der Waals surface area (Å²) in [5.74, 6) is 1.27. The quantitative estimate of drug-likeness (QED) is 0.646. The molecule has 0 heterocycles. The molecule has 0 radical (unpaired) electrons. The maximum atomic E-state index is 12.3. The van der Waals surface area contributed by atoms with Crippen LogP contribution in [0.3, 0.4) is 0 Å². The zero-order valence-corrected chi connectivity index (χ0v) is 14.2. The number of hydrogen-bond donors (Lipinski definition) is 1. The maximum absolute atomic E-state index is 12.3. The molecule has 0 unspecified atom stereocenters. The number of rotatable bonds is 6. The standard InChI is InChI=1S/C19H18N2O4/c1-23-16-7-5-15(6-8-16)21-19(22)14(12-20)10-13-4-9-17(24-2)18(11-13)25-3/h4-11H,1-3H3,(H,21,22)/b14-10+. The molecule has 25 heavy (non-hydrogen) atoms. The van der Waals surface area contributed by atoms with E-state index in [1.54, 1.807) is 49.6 Å². The van der Waals surface area contributed by atoms with Gasteiger partial charge >= 0.3 is 0 Å². The summed E-state index contributed by atoms with van der Waals surface area (Å²) in [6, 6.07) is 13.9. The van der Waals surface area contributed by atoms with Gasteiger partial charge in [0.05, 0.1) is 21.3 Å². The number of carbonyl (C=O) groups excluding carboxylic acids is 1. The SMILES string of the molecule is COc1ccc(NC(=O)/C(C#N)=C/c2ccc(OC)c(OC)c2)cc1. The van der Waals surface area contributed by atoms with Gasteiger partial charge in [-0.2, -0.15) is 5.26 Å². The molecule has 0 bridgehead atoms. The van der Waals surface area contributed by atoms with Crippen LogP contribution >= 0.6 is 0 Å². The molecule has 1 N–H and O–H groups in total. The van der Waals surface area contributed by atoms with Crippen molar-refractivity contribution in [2.24, 2.45) is 0 Å². The van der Waals surface area contributed by atoms with Gasteiger partial charge in [0.15, 0.2) is 11.5 Å². The molecule has 128 valence electrons. The molecule has 2 aromatic carbocycles. The number of nitriles is 1. The van der Waals surface area contributed by atoms with Crippen LogP contribution in [-0.4, -0.2) is 27.2 Å². The van der Waals surface area contributed by atoms with Crippen LogP contribution in [0, 0.1) is 11.3 Å². The fourth-order valence-corrected chi connectivity index (χ4v) is 2.13. The fraction of sp³-hybridized carbons (Fsp3) is 0.158. The van der Waals surface area contributed by atoms with Crippen LogP contribution in [0.2, 0.25) is 0 Å². The third kappa shape index (κ3) is 4.52. The number of amides is 1. The van der Waals surface area contributed by atoms with Crippen molar-refractivity contribution in [2.45, 2.75) is 0 Å². The first-order chi connectivity index (χ1) is 12.1. The van der Waals surface area contributed by atoms with Crippen molar-refractivity contribution in [3.8, 4) is 23.3 Å². The maximum Gasteiger partial charge on any atom is 0.266 e. The normalized spacial score (nSPS) is 10.6. The molecule has 0 aliphatic carbocycles. The minimum Gasteiger partial charge on any atom is -0.497 e. The lowest BCUT2D eigenvalue weighted by atomic mass is 10.1. The topological polar surface area (TPSA) is 80.6 Å². The van der Waals surface area contributed by atoms with E-state index in [0.29, 0.717) is 28.5 Å². The predicted molar refractivity (Wildman–Crippen MR) is 94.8 cm³/mol. The number of hydrogen-bond acceptors (Lipinski definition) is 5. The van der Waals surface area contributed by atoms with Crippen LogP contribution in [0.15, 0.2) is 48.0 Å². The molecule has 2 rings (SSSR count). The second kappa shape index (κ2) is 8.41. The van der Waals surface area contributed by atoms with E-state index in [2.05, 4.69) is 5.32 Å². The van der Waals surface area contributed by atoms with Crippen LogP contribution in [0.1, 0.15) is 5.56 Å². The highest BCUT2D eigenvalue weighted by atomic mass is 16.5. The third-order valence-electron chi connectivity index (χ3n) is 3.43. The van der Waals surface area contributed by atoms with Gasteiger partial charge in [0.2, 0.25) is 0 Å². The molecule has 2 aromatic rings. The number of methoxy groups -OCH3 is 3. The zero-order valence-electron chi connectivity index (χ0n) is 14.2. The van der Waals surface area contributed by atoms with E-state index in [1.165, 1.54) is 20.3 Å². The van der Waals surface area contributed by atoms with Crippen LogP contribution in [0.5, 0.6) is 17.2 Å². The highest BCUT2D eigenvalue weighted by molar-refractivity contribution is 6.09. The minimum atomic E-state index is -0.498. The molecule has 0 aliphatic heterocycles. The van der Waals surface area contributed by atoms with Gasteiger partial charge in [-0.3, -0.25) is 4.79 Å². The van der Waals surface area contributed by atoms with Gasteiger partial charge in [0.1, 0.15) is 17.4 Å². The summed E-state index contributed by atoms with van der Waals surface area (Å²) in [4.78, 5) is 12.3. The zero-order chi connectivity index (χ0) is 18.2. The van der Waals surface area contributed by atoms with Gasteiger partial charge in [0, 0.05) is 5.69 Å². The van der Waals surface area contributed by atoms with Gasteiger partial charge in [-0.25, -0.2) is 0 Å². The van der Waals surface area contributed by atoms with Gasteiger partial charge in [-0.15, -0.1) is 0 Å². The molecule has 0 saturated carbocycles. The smallest absolute Gasteiger partial charge is 0.266 e. The molecule has 0 saturated heterocycles. The van der Waals surface area contributed by atoms with Crippen molar-refractivity contribution in [2.75, 3.05) is 26.6 Å². The van der Waals surface area contributed by atoms with Crippen molar-refractivity contribution < 1.29 is 19.0 Å². The Morgan fingerprint density at radius 2 is 1.68 bits per heavy atom. The Labute approximate surface area is 146 Å². The molecular formula is C19H18N2O4. The summed E-state index contributed by atoms with van der Waals surface area (Å²) in [6.45, 7) is 0. The van der Waals surface area contributed by atoms with Gasteiger partial charge in [0.25, 0.3) is 5.91 Å². The molecule has 0 spiro atoms. The Bertz CT molecular complexity index is 820. The summed E-state index contributed by atoms with van der Waals surface area (Å²) in [5.41, 5.74) is 1.20. The monoisotopic (exact) mass is 338 g/mol. The summed E-state index contributed by atoms with van der Waals surface area (Å²) in [5, 5.41) is 12.0. The van der Waals surface area contributed by atoms with Crippen molar-refractivity contribution in [1.29, 1.82) is 5.26 Å². The summed E-state index contributed by atoms with van der Waals surface area (Å²) < 4.78 is 15.5. The largest absolute Gasteiger partial charge is 0.497 e. The van der Waals surface area contributed by atoms with E-state index in [9.17, 15) is 10.1 Å². The minimum absolute atomic E-state index is 0.0250. The molecule has 0 fully saturated rings. The van der Waals surface area contributed by atoms with Crippen LogP contribution < -0.4 is 19.5 Å². The van der Waals surface area contributed by atoms with Crippen LogP contribution in [-0.2, 0) is 4.79 Å². The molecule has 1 amide bonds. The lowest BCUT2D eigenvalue weighted by Crippen LogP contribution is -2.13. The van der Waals surface area contributed by atoms with E-state index >= 15 is 0 Å². The Balaban J connectivity index is 2.21.